The second kappa shape index (κ2) is 8.97. The molecule has 0 saturated carbocycles. The maximum absolute atomic E-state index is 13.6. The van der Waals surface area contributed by atoms with E-state index in [0.29, 0.717) is 23.5 Å². The molecule has 1 heterocycles. The highest BCUT2D eigenvalue weighted by atomic mass is 32.2. The second-order valence-electron chi connectivity index (χ2n) is 6.19. The zero-order valence-electron chi connectivity index (χ0n) is 15.6. The number of halogens is 1. The molecule has 2 aromatic carbocycles. The molecule has 2 amide bonds. The first kappa shape index (κ1) is 20.0. The molecule has 3 rings (SSSR count). The van der Waals surface area contributed by atoms with E-state index in [2.05, 4.69) is 10.6 Å². The van der Waals surface area contributed by atoms with Gasteiger partial charge in [0.15, 0.2) is 11.5 Å². The number of methoxy groups -OCH3 is 2. The van der Waals surface area contributed by atoms with Gasteiger partial charge in [-0.2, -0.15) is 0 Å². The van der Waals surface area contributed by atoms with Gasteiger partial charge in [-0.15, -0.1) is 11.8 Å². The Hall–Kier alpha value is -2.74. The molecule has 0 saturated heterocycles. The molecule has 1 atom stereocenters. The second-order valence-corrected chi connectivity index (χ2v) is 7.33. The summed E-state index contributed by atoms with van der Waals surface area (Å²) in [5, 5.41) is 5.46. The molecular weight excluding hydrogens is 383 g/mol. The number of carbonyl (C=O) groups excluding carboxylic acids is 2. The number of amides is 2. The molecule has 6 nitrogen and oxygen atoms in total. The number of hydrogen-bond acceptors (Lipinski definition) is 5. The summed E-state index contributed by atoms with van der Waals surface area (Å²) in [7, 11) is 2.99. The van der Waals surface area contributed by atoms with Gasteiger partial charge in [-0.1, -0.05) is 0 Å². The van der Waals surface area contributed by atoms with E-state index in [1.54, 1.807) is 36.0 Å². The third-order valence-electron chi connectivity index (χ3n) is 4.40. The predicted octanol–water partition coefficient (Wildman–Crippen LogP) is 2.93. The van der Waals surface area contributed by atoms with Crippen LogP contribution >= 0.6 is 11.8 Å². The molecule has 0 fully saturated rings. The van der Waals surface area contributed by atoms with Crippen molar-refractivity contribution < 1.29 is 23.5 Å². The van der Waals surface area contributed by atoms with Crippen LogP contribution in [0.15, 0.2) is 41.3 Å². The Morgan fingerprint density at radius 1 is 1.14 bits per heavy atom. The number of rotatable bonds is 6. The molecule has 148 valence electrons. The number of thioether (sulfide) groups is 1. The van der Waals surface area contributed by atoms with E-state index in [-0.39, 0.29) is 24.3 Å². The zero-order valence-corrected chi connectivity index (χ0v) is 16.4. The van der Waals surface area contributed by atoms with E-state index in [0.717, 1.165) is 16.2 Å². The third-order valence-corrected chi connectivity index (χ3v) is 5.52. The van der Waals surface area contributed by atoms with E-state index >= 15 is 0 Å². The largest absolute Gasteiger partial charge is 0.493 e. The maximum Gasteiger partial charge on any atom is 0.251 e. The van der Waals surface area contributed by atoms with Gasteiger partial charge in [-0.3, -0.25) is 9.59 Å². The van der Waals surface area contributed by atoms with Crippen LogP contribution in [-0.4, -0.2) is 38.3 Å². The smallest absolute Gasteiger partial charge is 0.251 e. The quantitative estimate of drug-likeness (QED) is 0.774. The van der Waals surface area contributed by atoms with E-state index in [4.69, 9.17) is 9.47 Å². The van der Waals surface area contributed by atoms with Crippen molar-refractivity contribution in [3.63, 3.8) is 0 Å². The van der Waals surface area contributed by atoms with Crippen LogP contribution < -0.4 is 20.1 Å². The highest BCUT2D eigenvalue weighted by molar-refractivity contribution is 7.99. The Balaban J connectivity index is 1.59. The summed E-state index contributed by atoms with van der Waals surface area (Å²) in [5.74, 6) is 0.711. The first-order chi connectivity index (χ1) is 13.5. The minimum absolute atomic E-state index is 0.179. The van der Waals surface area contributed by atoms with Gasteiger partial charge < -0.3 is 20.1 Å². The standard InChI is InChI=1S/C20H21FN2O4S/c1-26-16-5-3-12(9-17(16)27-2)20(25)22-11-19(24)23-15-7-8-28-18-6-4-13(21)10-14(15)18/h3-6,9-10,15H,7-8,11H2,1-2H3,(H,22,25)(H,23,24). The lowest BCUT2D eigenvalue weighted by Gasteiger charge is -2.26. The first-order valence-electron chi connectivity index (χ1n) is 8.73. The molecule has 0 spiro atoms. The highest BCUT2D eigenvalue weighted by Crippen LogP contribution is 2.36. The molecule has 1 aliphatic heterocycles. The number of nitrogens with one attached hydrogen (secondary N) is 2. The van der Waals surface area contributed by atoms with Gasteiger partial charge in [-0.25, -0.2) is 4.39 Å². The lowest BCUT2D eigenvalue weighted by Crippen LogP contribution is -2.39. The third kappa shape index (κ3) is 4.56. The summed E-state index contributed by atoms with van der Waals surface area (Å²) < 4.78 is 23.9. The molecule has 0 bridgehead atoms. The van der Waals surface area contributed by atoms with Crippen molar-refractivity contribution in [2.75, 3.05) is 26.5 Å². The molecule has 0 radical (unpaired) electrons. The van der Waals surface area contributed by atoms with Crippen molar-refractivity contribution in [3.05, 3.63) is 53.3 Å². The monoisotopic (exact) mass is 404 g/mol. The number of carbonyl (C=O) groups is 2. The Morgan fingerprint density at radius 2 is 1.93 bits per heavy atom. The van der Waals surface area contributed by atoms with E-state index in [9.17, 15) is 14.0 Å². The van der Waals surface area contributed by atoms with Gasteiger partial charge in [0.2, 0.25) is 5.91 Å². The van der Waals surface area contributed by atoms with E-state index in [1.807, 2.05) is 0 Å². The van der Waals surface area contributed by atoms with E-state index < -0.39 is 5.91 Å². The molecule has 0 aliphatic carbocycles. The van der Waals surface area contributed by atoms with Crippen molar-refractivity contribution in [1.82, 2.24) is 10.6 Å². The number of ether oxygens (including phenoxy) is 2. The van der Waals surface area contributed by atoms with Crippen LogP contribution in [-0.2, 0) is 4.79 Å². The van der Waals surface area contributed by atoms with Crippen molar-refractivity contribution in [3.8, 4) is 11.5 Å². The average molecular weight is 404 g/mol. The summed E-state index contributed by atoms with van der Waals surface area (Å²) in [6.07, 6.45) is 0.705. The normalized spacial score (nSPS) is 15.3. The summed E-state index contributed by atoms with van der Waals surface area (Å²) >= 11 is 1.64. The van der Waals surface area contributed by atoms with Crippen molar-refractivity contribution in [2.45, 2.75) is 17.4 Å². The van der Waals surface area contributed by atoms with Gasteiger partial charge in [0.05, 0.1) is 26.8 Å². The molecule has 1 aliphatic rings. The zero-order chi connectivity index (χ0) is 20.1. The van der Waals surface area contributed by atoms with E-state index in [1.165, 1.54) is 26.4 Å². The van der Waals surface area contributed by atoms with Crippen molar-refractivity contribution >= 4 is 23.6 Å². The van der Waals surface area contributed by atoms with Crippen molar-refractivity contribution in [1.29, 1.82) is 0 Å². The van der Waals surface area contributed by atoms with Gasteiger partial charge in [0, 0.05) is 16.2 Å². The molecule has 8 heteroatoms. The summed E-state index contributed by atoms with van der Waals surface area (Å²) in [6.45, 7) is -0.179. The number of hydrogen-bond donors (Lipinski definition) is 2. The predicted molar refractivity (Wildman–Crippen MR) is 105 cm³/mol. The van der Waals surface area contributed by atoms with Crippen LogP contribution in [0.4, 0.5) is 4.39 Å². The Kier molecular flexibility index (Phi) is 6.41. The minimum Gasteiger partial charge on any atom is -0.493 e. The fourth-order valence-electron chi connectivity index (χ4n) is 3.00. The first-order valence-corrected chi connectivity index (χ1v) is 9.72. The summed E-state index contributed by atoms with van der Waals surface area (Å²) in [6, 6.07) is 9.09. The lowest BCUT2D eigenvalue weighted by atomic mass is 10.0. The molecule has 2 N–H and O–H groups in total. The highest BCUT2D eigenvalue weighted by Gasteiger charge is 2.23. The van der Waals surface area contributed by atoms with Crippen LogP contribution in [0.25, 0.3) is 0 Å². The molecule has 28 heavy (non-hydrogen) atoms. The number of benzene rings is 2. The van der Waals surface area contributed by atoms with Crippen LogP contribution in [0.2, 0.25) is 0 Å². The fraction of sp³-hybridized carbons (Fsp3) is 0.300. The topological polar surface area (TPSA) is 76.7 Å². The van der Waals surface area contributed by atoms with Gasteiger partial charge in [0.1, 0.15) is 5.82 Å². The minimum atomic E-state index is -0.401. The Labute approximate surface area is 166 Å². The van der Waals surface area contributed by atoms with Crippen molar-refractivity contribution in [2.24, 2.45) is 0 Å². The molecule has 1 unspecified atom stereocenters. The van der Waals surface area contributed by atoms with Gasteiger partial charge in [-0.05, 0) is 48.4 Å². The van der Waals surface area contributed by atoms with Crippen LogP contribution in [0, 0.1) is 5.82 Å². The van der Waals surface area contributed by atoms with Gasteiger partial charge in [0.25, 0.3) is 5.91 Å². The van der Waals surface area contributed by atoms with Crippen LogP contribution in [0.1, 0.15) is 28.4 Å². The molecular formula is C20H21FN2O4S. The maximum atomic E-state index is 13.6. The van der Waals surface area contributed by atoms with Crippen LogP contribution in [0.5, 0.6) is 11.5 Å². The fourth-order valence-corrected chi connectivity index (χ4v) is 4.11. The lowest BCUT2D eigenvalue weighted by molar-refractivity contribution is -0.120. The van der Waals surface area contributed by atoms with Crippen LogP contribution in [0.3, 0.4) is 0 Å². The SMILES string of the molecule is COc1ccc(C(=O)NCC(=O)NC2CCSc3ccc(F)cc32)cc1OC. The summed E-state index contributed by atoms with van der Waals surface area (Å²) in [4.78, 5) is 25.6. The number of fused-ring (bicyclic) bond motifs is 1. The van der Waals surface area contributed by atoms with Gasteiger partial charge >= 0.3 is 0 Å². The molecule has 0 aromatic heterocycles. The average Bonchev–Trinajstić information content (AvgIpc) is 2.71. The Morgan fingerprint density at radius 3 is 2.68 bits per heavy atom. The Bertz CT molecular complexity index is 891. The molecule has 2 aromatic rings. The summed E-state index contributed by atoms with van der Waals surface area (Å²) in [5.41, 5.74) is 1.13.